The van der Waals surface area contributed by atoms with E-state index in [9.17, 15) is 4.79 Å². The standard InChI is InChI=1S/C12H16N4O2.ClH/c1-13-5-3-6-14-12(17)10-8-9(15-16-10)11-4-2-7-18-11;/h2,4,7-8,13H,3,5-6H2,1H3,(H,14,17)(H,15,16);1H. The normalized spacial score (nSPS) is 9.95. The van der Waals surface area contributed by atoms with Gasteiger partial charge < -0.3 is 15.1 Å². The summed E-state index contributed by atoms with van der Waals surface area (Å²) in [6.45, 7) is 1.50. The summed E-state index contributed by atoms with van der Waals surface area (Å²) in [5.41, 5.74) is 1.06. The molecule has 7 heteroatoms. The molecule has 0 atom stereocenters. The van der Waals surface area contributed by atoms with Gasteiger partial charge in [-0.1, -0.05) is 0 Å². The van der Waals surface area contributed by atoms with Crippen LogP contribution in [0.5, 0.6) is 0 Å². The first-order valence-corrected chi connectivity index (χ1v) is 5.83. The zero-order valence-electron chi connectivity index (χ0n) is 10.6. The van der Waals surface area contributed by atoms with E-state index in [1.54, 1.807) is 18.4 Å². The molecule has 3 N–H and O–H groups in total. The van der Waals surface area contributed by atoms with Gasteiger partial charge in [-0.25, -0.2) is 0 Å². The molecule has 2 aromatic rings. The van der Waals surface area contributed by atoms with E-state index in [2.05, 4.69) is 20.8 Å². The molecule has 0 aromatic carbocycles. The summed E-state index contributed by atoms with van der Waals surface area (Å²) in [7, 11) is 1.88. The minimum atomic E-state index is -0.180. The summed E-state index contributed by atoms with van der Waals surface area (Å²) in [6, 6.07) is 5.27. The van der Waals surface area contributed by atoms with E-state index in [0.717, 1.165) is 13.0 Å². The van der Waals surface area contributed by atoms with E-state index in [-0.39, 0.29) is 18.3 Å². The molecule has 0 aliphatic heterocycles. The minimum absolute atomic E-state index is 0. The summed E-state index contributed by atoms with van der Waals surface area (Å²) in [5.74, 6) is 0.483. The fourth-order valence-electron chi connectivity index (χ4n) is 1.55. The van der Waals surface area contributed by atoms with Gasteiger partial charge in [0.15, 0.2) is 11.5 Å². The Morgan fingerprint density at radius 1 is 1.47 bits per heavy atom. The Balaban J connectivity index is 0.00000180. The zero-order valence-corrected chi connectivity index (χ0v) is 11.4. The lowest BCUT2D eigenvalue weighted by Gasteiger charge is -2.01. The van der Waals surface area contributed by atoms with Gasteiger partial charge in [0.1, 0.15) is 5.69 Å². The van der Waals surface area contributed by atoms with Gasteiger partial charge in [0.05, 0.1) is 6.26 Å². The summed E-state index contributed by atoms with van der Waals surface area (Å²) in [6.07, 6.45) is 2.46. The Hall–Kier alpha value is -1.79. The number of halogens is 1. The number of aromatic nitrogens is 2. The topological polar surface area (TPSA) is 83.0 Å². The van der Waals surface area contributed by atoms with Gasteiger partial charge >= 0.3 is 0 Å². The average Bonchev–Trinajstić information content (AvgIpc) is 3.03. The number of H-pyrrole nitrogens is 1. The van der Waals surface area contributed by atoms with Crippen LogP contribution in [0, 0.1) is 0 Å². The van der Waals surface area contributed by atoms with Crippen molar-refractivity contribution in [3.63, 3.8) is 0 Å². The van der Waals surface area contributed by atoms with Gasteiger partial charge in [-0.05, 0) is 32.1 Å². The van der Waals surface area contributed by atoms with Crippen molar-refractivity contribution in [3.05, 3.63) is 30.2 Å². The molecule has 2 aromatic heterocycles. The molecule has 0 fully saturated rings. The molecular formula is C12H17ClN4O2. The van der Waals surface area contributed by atoms with Crippen LogP contribution in [0.3, 0.4) is 0 Å². The summed E-state index contributed by atoms with van der Waals surface area (Å²) >= 11 is 0. The Bertz CT molecular complexity index is 496. The molecule has 0 unspecified atom stereocenters. The van der Waals surface area contributed by atoms with Crippen molar-refractivity contribution in [3.8, 4) is 11.5 Å². The van der Waals surface area contributed by atoms with Crippen molar-refractivity contribution < 1.29 is 9.21 Å². The maximum absolute atomic E-state index is 11.7. The van der Waals surface area contributed by atoms with Crippen molar-refractivity contribution in [2.45, 2.75) is 6.42 Å². The van der Waals surface area contributed by atoms with Crippen LogP contribution in [0.2, 0.25) is 0 Å². The first-order valence-electron chi connectivity index (χ1n) is 5.83. The smallest absolute Gasteiger partial charge is 0.271 e. The molecule has 6 nitrogen and oxygen atoms in total. The van der Waals surface area contributed by atoms with Gasteiger partial charge in [0, 0.05) is 12.6 Å². The first-order chi connectivity index (χ1) is 8.81. The summed E-state index contributed by atoms with van der Waals surface area (Å²) in [5, 5.41) is 12.6. The number of furan rings is 1. The van der Waals surface area contributed by atoms with E-state index >= 15 is 0 Å². The van der Waals surface area contributed by atoms with E-state index in [1.807, 2.05) is 13.1 Å². The Morgan fingerprint density at radius 3 is 3.00 bits per heavy atom. The molecule has 104 valence electrons. The van der Waals surface area contributed by atoms with E-state index in [0.29, 0.717) is 23.7 Å². The number of nitrogens with one attached hydrogen (secondary N) is 3. The van der Waals surface area contributed by atoms with Crippen LogP contribution < -0.4 is 10.6 Å². The van der Waals surface area contributed by atoms with Crippen LogP contribution in [0.15, 0.2) is 28.9 Å². The maximum atomic E-state index is 11.7. The molecule has 1 amide bonds. The molecule has 19 heavy (non-hydrogen) atoms. The zero-order chi connectivity index (χ0) is 12.8. The minimum Gasteiger partial charge on any atom is -0.463 e. The highest BCUT2D eigenvalue weighted by Gasteiger charge is 2.11. The molecule has 0 saturated heterocycles. The van der Waals surface area contributed by atoms with Gasteiger partial charge in [0.25, 0.3) is 5.91 Å². The number of carbonyl (C=O) groups is 1. The maximum Gasteiger partial charge on any atom is 0.271 e. The Kier molecular flexibility index (Phi) is 6.11. The lowest BCUT2D eigenvalue weighted by atomic mass is 10.3. The SMILES string of the molecule is CNCCCNC(=O)c1cc(-c2ccco2)[nH]n1.Cl. The van der Waals surface area contributed by atoms with Gasteiger partial charge in [-0.3, -0.25) is 9.89 Å². The predicted molar refractivity (Wildman–Crippen MR) is 74.4 cm³/mol. The predicted octanol–water partition coefficient (Wildman–Crippen LogP) is 1.43. The van der Waals surface area contributed by atoms with Crippen LogP contribution in [0.25, 0.3) is 11.5 Å². The molecule has 0 spiro atoms. The van der Waals surface area contributed by atoms with Crippen LogP contribution in [-0.4, -0.2) is 36.2 Å². The van der Waals surface area contributed by atoms with Gasteiger partial charge in [0.2, 0.25) is 0 Å². The number of hydrogen-bond acceptors (Lipinski definition) is 4. The fourth-order valence-corrected chi connectivity index (χ4v) is 1.55. The Morgan fingerprint density at radius 2 is 2.32 bits per heavy atom. The monoisotopic (exact) mass is 284 g/mol. The molecule has 0 aliphatic rings. The number of carbonyl (C=O) groups excluding carboxylic acids is 1. The third kappa shape index (κ3) is 4.11. The second kappa shape index (κ2) is 7.60. The van der Waals surface area contributed by atoms with Crippen molar-refractivity contribution in [2.24, 2.45) is 0 Å². The molecule has 0 aliphatic carbocycles. The first kappa shape index (κ1) is 15.3. The summed E-state index contributed by atoms with van der Waals surface area (Å²) in [4.78, 5) is 11.7. The lowest BCUT2D eigenvalue weighted by Crippen LogP contribution is -2.26. The third-order valence-electron chi connectivity index (χ3n) is 2.49. The number of rotatable bonds is 6. The molecule has 2 rings (SSSR count). The third-order valence-corrected chi connectivity index (χ3v) is 2.49. The highest BCUT2D eigenvalue weighted by molar-refractivity contribution is 5.93. The number of aromatic amines is 1. The van der Waals surface area contributed by atoms with Crippen molar-refractivity contribution in [2.75, 3.05) is 20.1 Å². The van der Waals surface area contributed by atoms with Crippen molar-refractivity contribution in [1.82, 2.24) is 20.8 Å². The van der Waals surface area contributed by atoms with Crippen LogP contribution >= 0.6 is 12.4 Å². The van der Waals surface area contributed by atoms with E-state index in [4.69, 9.17) is 4.42 Å². The molecular weight excluding hydrogens is 268 g/mol. The quantitative estimate of drug-likeness (QED) is 0.701. The second-order valence-electron chi connectivity index (χ2n) is 3.86. The number of hydrogen-bond donors (Lipinski definition) is 3. The van der Waals surface area contributed by atoms with Crippen LogP contribution in [-0.2, 0) is 0 Å². The molecule has 2 heterocycles. The van der Waals surface area contributed by atoms with Gasteiger partial charge in [-0.15, -0.1) is 12.4 Å². The second-order valence-corrected chi connectivity index (χ2v) is 3.86. The molecule has 0 saturated carbocycles. The van der Waals surface area contributed by atoms with Crippen molar-refractivity contribution >= 4 is 18.3 Å². The van der Waals surface area contributed by atoms with E-state index in [1.165, 1.54) is 0 Å². The van der Waals surface area contributed by atoms with Crippen LogP contribution in [0.4, 0.5) is 0 Å². The molecule has 0 bridgehead atoms. The summed E-state index contributed by atoms with van der Waals surface area (Å²) < 4.78 is 5.21. The molecule has 0 radical (unpaired) electrons. The van der Waals surface area contributed by atoms with Crippen LogP contribution in [0.1, 0.15) is 16.9 Å². The van der Waals surface area contributed by atoms with Gasteiger partial charge in [-0.2, -0.15) is 5.10 Å². The fraction of sp³-hybridized carbons (Fsp3) is 0.333. The van der Waals surface area contributed by atoms with Crippen molar-refractivity contribution in [1.29, 1.82) is 0 Å². The number of amides is 1. The highest BCUT2D eigenvalue weighted by Crippen LogP contribution is 2.17. The highest BCUT2D eigenvalue weighted by atomic mass is 35.5. The Labute approximate surface area is 117 Å². The number of nitrogens with zero attached hydrogens (tertiary/aromatic N) is 1. The average molecular weight is 285 g/mol. The lowest BCUT2D eigenvalue weighted by molar-refractivity contribution is 0.0948. The van der Waals surface area contributed by atoms with E-state index < -0.39 is 0 Å². The largest absolute Gasteiger partial charge is 0.463 e.